The van der Waals surface area contributed by atoms with Crippen molar-refractivity contribution in [1.82, 2.24) is 9.97 Å². The Labute approximate surface area is 64.0 Å². The lowest BCUT2D eigenvalue weighted by Gasteiger charge is -1.98. The molecular formula is C6H7ClN2O. The molecule has 0 N–H and O–H groups in total. The van der Waals surface area contributed by atoms with E-state index in [0.717, 1.165) is 5.56 Å². The van der Waals surface area contributed by atoms with Crippen LogP contribution in [-0.4, -0.2) is 17.1 Å². The van der Waals surface area contributed by atoms with Crippen molar-refractivity contribution in [2.45, 2.75) is 6.61 Å². The van der Waals surface area contributed by atoms with Gasteiger partial charge in [-0.3, -0.25) is 0 Å². The highest BCUT2D eigenvalue weighted by Crippen LogP contribution is 2.09. The molecule has 1 aromatic rings. The summed E-state index contributed by atoms with van der Waals surface area (Å²) in [6, 6.07) is 0. The zero-order valence-electron chi connectivity index (χ0n) is 5.54. The molecule has 0 aromatic carbocycles. The third-order valence-electron chi connectivity index (χ3n) is 1.03. The number of methoxy groups -OCH3 is 1. The van der Waals surface area contributed by atoms with Crippen LogP contribution in [0.15, 0.2) is 12.5 Å². The van der Waals surface area contributed by atoms with Gasteiger partial charge in [0, 0.05) is 18.9 Å². The van der Waals surface area contributed by atoms with Gasteiger partial charge in [-0.05, 0) is 0 Å². The Morgan fingerprint density at radius 3 is 3.10 bits per heavy atom. The number of rotatable bonds is 2. The van der Waals surface area contributed by atoms with Gasteiger partial charge in [0.15, 0.2) is 0 Å². The summed E-state index contributed by atoms with van der Waals surface area (Å²) in [5, 5.41) is 0.455. The maximum atomic E-state index is 5.67. The first kappa shape index (κ1) is 7.44. The Bertz CT molecular complexity index is 217. The fourth-order valence-corrected chi connectivity index (χ4v) is 0.743. The largest absolute Gasteiger partial charge is 0.380 e. The van der Waals surface area contributed by atoms with Crippen LogP contribution >= 0.6 is 11.6 Å². The van der Waals surface area contributed by atoms with Crippen LogP contribution in [0.3, 0.4) is 0 Å². The molecule has 0 bridgehead atoms. The third kappa shape index (κ3) is 1.65. The summed E-state index contributed by atoms with van der Waals surface area (Å²) in [6.07, 6.45) is 3.04. The number of ether oxygens (including phenoxy) is 1. The van der Waals surface area contributed by atoms with Crippen LogP contribution in [0.4, 0.5) is 0 Å². The Balaban J connectivity index is 2.81. The lowest BCUT2D eigenvalue weighted by atomic mass is 10.4. The first-order chi connectivity index (χ1) is 4.84. The zero-order valence-corrected chi connectivity index (χ0v) is 6.30. The molecule has 0 aliphatic heterocycles. The van der Waals surface area contributed by atoms with Crippen LogP contribution < -0.4 is 0 Å². The summed E-state index contributed by atoms with van der Waals surface area (Å²) in [7, 11) is 1.60. The SMILES string of the molecule is COCc1cncnc1Cl. The van der Waals surface area contributed by atoms with E-state index in [0.29, 0.717) is 11.8 Å². The van der Waals surface area contributed by atoms with Crippen LogP contribution in [0.2, 0.25) is 5.15 Å². The lowest BCUT2D eigenvalue weighted by molar-refractivity contribution is 0.184. The van der Waals surface area contributed by atoms with Gasteiger partial charge in [0.1, 0.15) is 11.5 Å². The first-order valence-corrected chi connectivity index (χ1v) is 3.15. The molecule has 0 saturated carbocycles. The molecule has 0 radical (unpaired) electrons. The standard InChI is InChI=1S/C6H7ClN2O/c1-10-3-5-2-8-4-9-6(5)7/h2,4H,3H2,1H3. The minimum Gasteiger partial charge on any atom is -0.380 e. The number of aromatic nitrogens is 2. The minimum absolute atomic E-state index is 0.455. The highest BCUT2D eigenvalue weighted by Gasteiger charge is 1.97. The van der Waals surface area contributed by atoms with E-state index in [1.54, 1.807) is 13.3 Å². The van der Waals surface area contributed by atoms with Crippen molar-refractivity contribution < 1.29 is 4.74 Å². The predicted molar refractivity (Wildman–Crippen MR) is 37.8 cm³/mol. The summed E-state index contributed by atoms with van der Waals surface area (Å²) in [5.74, 6) is 0. The summed E-state index contributed by atoms with van der Waals surface area (Å²) in [4.78, 5) is 7.56. The number of halogens is 1. The lowest BCUT2D eigenvalue weighted by Crippen LogP contribution is -1.91. The van der Waals surface area contributed by atoms with E-state index in [2.05, 4.69) is 9.97 Å². The predicted octanol–water partition coefficient (Wildman–Crippen LogP) is 1.28. The maximum Gasteiger partial charge on any atom is 0.137 e. The van der Waals surface area contributed by atoms with Crippen LogP contribution in [0, 0.1) is 0 Å². The van der Waals surface area contributed by atoms with E-state index in [1.165, 1.54) is 6.33 Å². The molecule has 1 heterocycles. The van der Waals surface area contributed by atoms with Crippen molar-refractivity contribution in [3.63, 3.8) is 0 Å². The average Bonchev–Trinajstić information content (AvgIpc) is 1.94. The molecule has 0 aliphatic rings. The Kier molecular flexibility index (Phi) is 2.59. The average molecular weight is 159 g/mol. The number of hydrogen-bond acceptors (Lipinski definition) is 3. The van der Waals surface area contributed by atoms with Crippen LogP contribution in [0.25, 0.3) is 0 Å². The molecular weight excluding hydrogens is 152 g/mol. The normalized spacial score (nSPS) is 9.80. The van der Waals surface area contributed by atoms with E-state index in [4.69, 9.17) is 16.3 Å². The van der Waals surface area contributed by atoms with Gasteiger partial charge in [-0.2, -0.15) is 0 Å². The second kappa shape index (κ2) is 3.49. The third-order valence-corrected chi connectivity index (χ3v) is 1.37. The van der Waals surface area contributed by atoms with Crippen molar-refractivity contribution in [2.75, 3.05) is 7.11 Å². The van der Waals surface area contributed by atoms with Gasteiger partial charge >= 0.3 is 0 Å². The van der Waals surface area contributed by atoms with Gasteiger partial charge in [0.05, 0.1) is 6.61 Å². The monoisotopic (exact) mass is 158 g/mol. The molecule has 1 rings (SSSR count). The van der Waals surface area contributed by atoms with E-state index in [9.17, 15) is 0 Å². The van der Waals surface area contributed by atoms with Crippen LogP contribution in [-0.2, 0) is 11.3 Å². The molecule has 54 valence electrons. The molecule has 0 saturated heterocycles. The molecule has 0 fully saturated rings. The molecule has 0 unspecified atom stereocenters. The van der Waals surface area contributed by atoms with Gasteiger partial charge in [0.2, 0.25) is 0 Å². The van der Waals surface area contributed by atoms with Gasteiger partial charge < -0.3 is 4.74 Å². The molecule has 3 nitrogen and oxygen atoms in total. The number of hydrogen-bond donors (Lipinski definition) is 0. The van der Waals surface area contributed by atoms with Crippen molar-refractivity contribution in [3.8, 4) is 0 Å². The van der Waals surface area contributed by atoms with Crippen molar-refractivity contribution in [1.29, 1.82) is 0 Å². The van der Waals surface area contributed by atoms with Gasteiger partial charge in [0.25, 0.3) is 0 Å². The first-order valence-electron chi connectivity index (χ1n) is 2.78. The molecule has 10 heavy (non-hydrogen) atoms. The second-order valence-corrected chi connectivity index (χ2v) is 2.13. The van der Waals surface area contributed by atoms with Crippen molar-refractivity contribution in [2.24, 2.45) is 0 Å². The summed E-state index contributed by atoms with van der Waals surface area (Å²) < 4.78 is 4.84. The van der Waals surface area contributed by atoms with Crippen LogP contribution in [0.1, 0.15) is 5.56 Å². The summed E-state index contributed by atoms with van der Waals surface area (Å²) in [5.41, 5.74) is 0.812. The zero-order chi connectivity index (χ0) is 7.40. The molecule has 4 heteroatoms. The molecule has 0 spiro atoms. The molecule has 0 aliphatic carbocycles. The van der Waals surface area contributed by atoms with Crippen LogP contribution in [0.5, 0.6) is 0 Å². The molecule has 1 aromatic heterocycles. The second-order valence-electron chi connectivity index (χ2n) is 1.77. The van der Waals surface area contributed by atoms with E-state index in [1.807, 2.05) is 0 Å². The van der Waals surface area contributed by atoms with Crippen molar-refractivity contribution >= 4 is 11.6 Å². The van der Waals surface area contributed by atoms with Crippen molar-refractivity contribution in [3.05, 3.63) is 23.2 Å². The Morgan fingerprint density at radius 2 is 2.50 bits per heavy atom. The van der Waals surface area contributed by atoms with Gasteiger partial charge in [-0.25, -0.2) is 9.97 Å². The van der Waals surface area contributed by atoms with E-state index < -0.39 is 0 Å². The Morgan fingerprint density at radius 1 is 1.70 bits per heavy atom. The smallest absolute Gasteiger partial charge is 0.137 e. The highest BCUT2D eigenvalue weighted by atomic mass is 35.5. The van der Waals surface area contributed by atoms with E-state index in [-0.39, 0.29) is 0 Å². The Hall–Kier alpha value is -0.670. The summed E-state index contributed by atoms with van der Waals surface area (Å²) >= 11 is 5.67. The molecule has 0 amide bonds. The van der Waals surface area contributed by atoms with Gasteiger partial charge in [-0.1, -0.05) is 11.6 Å². The molecule has 0 atom stereocenters. The topological polar surface area (TPSA) is 35.0 Å². The fraction of sp³-hybridized carbons (Fsp3) is 0.333. The number of nitrogens with zero attached hydrogens (tertiary/aromatic N) is 2. The fourth-order valence-electron chi connectivity index (χ4n) is 0.596. The minimum atomic E-state index is 0.455. The summed E-state index contributed by atoms with van der Waals surface area (Å²) in [6.45, 7) is 0.458. The van der Waals surface area contributed by atoms with Gasteiger partial charge in [-0.15, -0.1) is 0 Å². The quantitative estimate of drug-likeness (QED) is 0.609. The maximum absolute atomic E-state index is 5.67. The highest BCUT2D eigenvalue weighted by molar-refractivity contribution is 6.30. The van der Waals surface area contributed by atoms with E-state index >= 15 is 0 Å².